The van der Waals surface area contributed by atoms with Gasteiger partial charge in [0.2, 0.25) is 0 Å². The Morgan fingerprint density at radius 3 is 2.38 bits per heavy atom. The minimum atomic E-state index is -0.334. The van der Waals surface area contributed by atoms with Crippen LogP contribution in [0, 0.1) is 0 Å². The summed E-state index contributed by atoms with van der Waals surface area (Å²) in [6.07, 6.45) is 0. The third kappa shape index (κ3) is 3.58. The fourth-order valence-corrected chi connectivity index (χ4v) is 1.96. The van der Waals surface area contributed by atoms with Gasteiger partial charge in [-0.2, -0.15) is 0 Å². The molecule has 0 heterocycles. The van der Waals surface area contributed by atoms with Crippen LogP contribution in [0.4, 0.5) is 5.69 Å². The maximum Gasteiger partial charge on any atom is 0.250 e. The van der Waals surface area contributed by atoms with Gasteiger partial charge in [0, 0.05) is 21.7 Å². The van der Waals surface area contributed by atoms with Gasteiger partial charge in [0.15, 0.2) is 5.78 Å². The molecule has 0 aromatic heterocycles. The summed E-state index contributed by atoms with van der Waals surface area (Å²) in [6, 6.07) is 13.6. The Morgan fingerprint density at radius 2 is 1.76 bits per heavy atom. The number of nitrogens with one attached hydrogen (secondary N) is 1. The molecule has 1 amide bonds. The molecule has 0 spiro atoms. The third-order valence-corrected chi connectivity index (χ3v) is 3.13. The fourth-order valence-electron chi connectivity index (χ4n) is 1.79. The molecule has 0 radical (unpaired) electrons. The van der Waals surface area contributed by atoms with E-state index in [0.29, 0.717) is 27.4 Å². The molecular weight excluding hydrogens is 286 g/mol. The molecule has 0 saturated carbocycles. The molecule has 3 nitrogen and oxygen atoms in total. The lowest BCUT2D eigenvalue weighted by Crippen LogP contribution is -2.15. The second-order valence-corrected chi connectivity index (χ2v) is 5.06. The zero-order valence-electron chi connectivity index (χ0n) is 11.5. The maximum atomic E-state index is 12.5. The maximum absolute atomic E-state index is 12.5. The quantitative estimate of drug-likeness (QED) is 0.683. The van der Waals surface area contributed by atoms with E-state index >= 15 is 0 Å². The summed E-state index contributed by atoms with van der Waals surface area (Å²) in [6.45, 7) is 5.18. The Hall–Kier alpha value is -2.39. The normalized spacial score (nSPS) is 10.0. The van der Waals surface area contributed by atoms with Gasteiger partial charge in [0.1, 0.15) is 0 Å². The summed E-state index contributed by atoms with van der Waals surface area (Å²) in [4.78, 5) is 24.3. The van der Waals surface area contributed by atoms with Crippen LogP contribution in [0.2, 0.25) is 5.02 Å². The van der Waals surface area contributed by atoms with E-state index in [1.807, 2.05) is 6.07 Å². The van der Waals surface area contributed by atoms with Crippen molar-refractivity contribution in [3.63, 3.8) is 0 Å². The van der Waals surface area contributed by atoms with Crippen LogP contribution in [0.5, 0.6) is 0 Å². The number of rotatable bonds is 4. The molecule has 21 heavy (non-hydrogen) atoms. The highest BCUT2D eigenvalue weighted by Gasteiger charge is 2.16. The Balaban J connectivity index is 2.42. The van der Waals surface area contributed by atoms with E-state index in [2.05, 4.69) is 11.9 Å². The second kappa shape index (κ2) is 6.37. The van der Waals surface area contributed by atoms with Crippen molar-refractivity contribution in [1.82, 2.24) is 0 Å². The first-order chi connectivity index (χ1) is 9.99. The highest BCUT2D eigenvalue weighted by Crippen LogP contribution is 2.24. The molecule has 2 aromatic carbocycles. The third-order valence-electron chi connectivity index (χ3n) is 2.90. The van der Waals surface area contributed by atoms with Gasteiger partial charge in [-0.1, -0.05) is 48.5 Å². The fraction of sp³-hybridized carbons (Fsp3) is 0.0588. The van der Waals surface area contributed by atoms with Gasteiger partial charge in [0.25, 0.3) is 5.91 Å². The molecule has 0 aliphatic carbocycles. The Morgan fingerprint density at radius 1 is 1.10 bits per heavy atom. The predicted molar refractivity (Wildman–Crippen MR) is 84.8 cm³/mol. The lowest BCUT2D eigenvalue weighted by atomic mass is 10.0. The zero-order chi connectivity index (χ0) is 15.4. The molecule has 106 valence electrons. The van der Waals surface area contributed by atoms with E-state index in [-0.39, 0.29) is 11.7 Å². The average molecular weight is 300 g/mol. The summed E-state index contributed by atoms with van der Waals surface area (Å²) in [7, 11) is 0. The summed E-state index contributed by atoms with van der Waals surface area (Å²) in [5, 5.41) is 3.10. The number of hydrogen-bond donors (Lipinski definition) is 1. The van der Waals surface area contributed by atoms with Gasteiger partial charge < -0.3 is 5.32 Å². The minimum Gasteiger partial charge on any atom is -0.322 e. The van der Waals surface area contributed by atoms with Crippen LogP contribution in [-0.2, 0) is 4.79 Å². The van der Waals surface area contributed by atoms with Crippen molar-refractivity contribution in [2.24, 2.45) is 0 Å². The average Bonchev–Trinajstić information content (AvgIpc) is 2.49. The molecule has 2 aromatic rings. The molecule has 2 rings (SSSR count). The van der Waals surface area contributed by atoms with Crippen molar-refractivity contribution >= 4 is 29.0 Å². The minimum absolute atomic E-state index is 0.199. The molecule has 0 fully saturated rings. The number of benzene rings is 2. The van der Waals surface area contributed by atoms with Crippen LogP contribution in [0.15, 0.2) is 60.7 Å². The Bertz CT molecular complexity index is 708. The van der Waals surface area contributed by atoms with Gasteiger partial charge in [0.05, 0.1) is 5.69 Å². The molecule has 0 bridgehead atoms. The largest absolute Gasteiger partial charge is 0.322 e. The van der Waals surface area contributed by atoms with Crippen LogP contribution in [0.25, 0.3) is 0 Å². The summed E-state index contributed by atoms with van der Waals surface area (Å²) >= 11 is 5.96. The van der Waals surface area contributed by atoms with Crippen molar-refractivity contribution in [3.05, 3.63) is 76.8 Å². The van der Waals surface area contributed by atoms with Gasteiger partial charge in [-0.3, -0.25) is 9.59 Å². The topological polar surface area (TPSA) is 46.2 Å². The first-order valence-corrected chi connectivity index (χ1v) is 6.73. The van der Waals surface area contributed by atoms with Gasteiger partial charge in [-0.05, 0) is 25.1 Å². The van der Waals surface area contributed by atoms with Crippen molar-refractivity contribution in [3.8, 4) is 0 Å². The Kier molecular flexibility index (Phi) is 4.55. The molecular formula is C17H14ClNO2. The standard InChI is InChI=1S/C17H14ClNO2/c1-11(2)17(21)19-15-9-8-13(18)10-14(15)16(20)12-6-4-3-5-7-12/h3-10H,1H2,2H3,(H,19,21). The first-order valence-electron chi connectivity index (χ1n) is 6.35. The van der Waals surface area contributed by atoms with Gasteiger partial charge >= 0.3 is 0 Å². The number of hydrogen-bond acceptors (Lipinski definition) is 2. The number of ketones is 1. The highest BCUT2D eigenvalue weighted by molar-refractivity contribution is 6.31. The smallest absolute Gasteiger partial charge is 0.250 e. The molecule has 0 saturated heterocycles. The predicted octanol–water partition coefficient (Wildman–Crippen LogP) is 4.09. The Labute approximate surface area is 128 Å². The molecule has 4 heteroatoms. The van der Waals surface area contributed by atoms with Crippen LogP contribution in [0.3, 0.4) is 0 Å². The van der Waals surface area contributed by atoms with E-state index in [9.17, 15) is 9.59 Å². The second-order valence-electron chi connectivity index (χ2n) is 4.62. The number of halogens is 1. The van der Waals surface area contributed by atoms with E-state index in [0.717, 1.165) is 0 Å². The number of amides is 1. The summed E-state index contributed by atoms with van der Waals surface area (Å²) in [5.74, 6) is -0.533. The highest BCUT2D eigenvalue weighted by atomic mass is 35.5. The summed E-state index contributed by atoms with van der Waals surface area (Å²) in [5.41, 5.74) is 1.67. The molecule has 0 atom stereocenters. The summed E-state index contributed by atoms with van der Waals surface area (Å²) < 4.78 is 0. The van der Waals surface area contributed by atoms with Crippen LogP contribution in [-0.4, -0.2) is 11.7 Å². The zero-order valence-corrected chi connectivity index (χ0v) is 12.3. The van der Waals surface area contributed by atoms with Crippen molar-refractivity contribution in [1.29, 1.82) is 0 Å². The monoisotopic (exact) mass is 299 g/mol. The first kappa shape index (κ1) is 15.0. The molecule has 0 aliphatic heterocycles. The van der Waals surface area contributed by atoms with Crippen molar-refractivity contribution in [2.75, 3.05) is 5.32 Å². The number of carbonyl (C=O) groups excluding carboxylic acids is 2. The van der Waals surface area contributed by atoms with Gasteiger partial charge in [-0.25, -0.2) is 0 Å². The molecule has 1 N–H and O–H groups in total. The van der Waals surface area contributed by atoms with E-state index < -0.39 is 0 Å². The van der Waals surface area contributed by atoms with Crippen LogP contribution in [0.1, 0.15) is 22.8 Å². The van der Waals surface area contributed by atoms with E-state index in [1.54, 1.807) is 49.4 Å². The van der Waals surface area contributed by atoms with Crippen LogP contribution < -0.4 is 5.32 Å². The van der Waals surface area contributed by atoms with E-state index in [4.69, 9.17) is 11.6 Å². The lowest BCUT2D eigenvalue weighted by Gasteiger charge is -2.11. The molecule has 0 aliphatic rings. The number of anilines is 1. The van der Waals surface area contributed by atoms with Crippen molar-refractivity contribution in [2.45, 2.75) is 6.92 Å². The molecule has 0 unspecified atom stereocenters. The number of carbonyl (C=O) groups is 2. The van der Waals surface area contributed by atoms with Gasteiger partial charge in [-0.15, -0.1) is 0 Å². The van der Waals surface area contributed by atoms with Crippen LogP contribution >= 0.6 is 11.6 Å². The van der Waals surface area contributed by atoms with Crippen molar-refractivity contribution < 1.29 is 9.59 Å². The SMILES string of the molecule is C=C(C)C(=O)Nc1ccc(Cl)cc1C(=O)c1ccccc1. The lowest BCUT2D eigenvalue weighted by molar-refractivity contribution is -0.112. The van der Waals surface area contributed by atoms with E-state index in [1.165, 1.54) is 0 Å².